The van der Waals surface area contributed by atoms with Crippen molar-refractivity contribution >= 4 is 11.7 Å². The number of hydrogen-bond donors (Lipinski definition) is 1. The van der Waals surface area contributed by atoms with E-state index < -0.39 is 17.6 Å². The number of carbonyl (C=O) groups excluding carboxylic acids is 1. The Morgan fingerprint density at radius 2 is 1.81 bits per heavy atom. The van der Waals surface area contributed by atoms with Gasteiger partial charge in [0.1, 0.15) is 17.5 Å². The molecular formula is C19H17F2N5O. The summed E-state index contributed by atoms with van der Waals surface area (Å²) in [5.41, 5.74) is 2.89. The highest BCUT2D eigenvalue weighted by molar-refractivity contribution is 5.95. The number of rotatable bonds is 2. The fraction of sp³-hybridized carbons (Fsp3) is 0.263. The summed E-state index contributed by atoms with van der Waals surface area (Å²) in [6.45, 7) is 5.44. The molecule has 138 valence electrons. The Kier molecular flexibility index (Phi) is 3.98. The summed E-state index contributed by atoms with van der Waals surface area (Å²) < 4.78 is 29.6. The summed E-state index contributed by atoms with van der Waals surface area (Å²) >= 11 is 0. The number of anilines is 1. The van der Waals surface area contributed by atoms with Crippen LogP contribution in [0.25, 0.3) is 5.95 Å². The van der Waals surface area contributed by atoms with E-state index in [0.717, 1.165) is 29.6 Å². The van der Waals surface area contributed by atoms with Gasteiger partial charge in [-0.2, -0.15) is 9.78 Å². The van der Waals surface area contributed by atoms with E-state index in [0.29, 0.717) is 23.0 Å². The topological polar surface area (TPSA) is 72.7 Å². The molecule has 0 bridgehead atoms. The van der Waals surface area contributed by atoms with Gasteiger partial charge >= 0.3 is 0 Å². The van der Waals surface area contributed by atoms with Crippen LogP contribution in [0.2, 0.25) is 0 Å². The number of halogens is 2. The number of hydrogen-bond acceptors (Lipinski definition) is 4. The molecule has 0 aliphatic carbocycles. The van der Waals surface area contributed by atoms with Crippen molar-refractivity contribution in [3.8, 4) is 5.95 Å². The molecule has 0 fully saturated rings. The molecule has 0 saturated heterocycles. The van der Waals surface area contributed by atoms with Gasteiger partial charge in [-0.25, -0.2) is 18.7 Å². The van der Waals surface area contributed by atoms with E-state index in [1.165, 1.54) is 4.68 Å². The molecule has 8 heteroatoms. The molecule has 1 amide bonds. The fourth-order valence-electron chi connectivity index (χ4n) is 3.54. The molecule has 0 spiro atoms. The Labute approximate surface area is 154 Å². The minimum Gasteiger partial charge on any atom is -0.310 e. The number of nitrogens with zero attached hydrogens (tertiary/aromatic N) is 4. The lowest BCUT2D eigenvalue weighted by molar-refractivity contribution is -0.116. The minimum atomic E-state index is -0.635. The molecule has 3 aromatic rings. The second kappa shape index (κ2) is 6.22. The van der Waals surface area contributed by atoms with Gasteiger partial charge in [-0.05, 0) is 50.6 Å². The summed E-state index contributed by atoms with van der Waals surface area (Å²) in [6, 6.07) is 5.09. The minimum absolute atomic E-state index is 0.00755. The van der Waals surface area contributed by atoms with Crippen LogP contribution in [-0.4, -0.2) is 25.7 Å². The Morgan fingerprint density at radius 3 is 2.52 bits per heavy atom. The van der Waals surface area contributed by atoms with Crippen LogP contribution < -0.4 is 5.32 Å². The summed E-state index contributed by atoms with van der Waals surface area (Å²) in [5, 5.41) is 7.25. The van der Waals surface area contributed by atoms with Crippen LogP contribution in [0.3, 0.4) is 0 Å². The van der Waals surface area contributed by atoms with Gasteiger partial charge in [0, 0.05) is 29.3 Å². The largest absolute Gasteiger partial charge is 0.310 e. The fourth-order valence-corrected chi connectivity index (χ4v) is 3.54. The number of aromatic nitrogens is 4. The SMILES string of the molecule is Cc1cc(C)nc(-n2nc(C)c3c2NC(=O)CC3c2cc(F)ccc2F)n1. The van der Waals surface area contributed by atoms with Crippen LogP contribution in [0, 0.1) is 32.4 Å². The van der Waals surface area contributed by atoms with Crippen LogP contribution >= 0.6 is 0 Å². The van der Waals surface area contributed by atoms with Crippen molar-refractivity contribution in [2.75, 3.05) is 5.32 Å². The van der Waals surface area contributed by atoms with E-state index in [4.69, 9.17) is 0 Å². The van der Waals surface area contributed by atoms with E-state index in [-0.39, 0.29) is 17.9 Å². The Bertz CT molecular complexity index is 1060. The van der Waals surface area contributed by atoms with E-state index in [1.54, 1.807) is 6.92 Å². The van der Waals surface area contributed by atoms with Gasteiger partial charge in [0.15, 0.2) is 0 Å². The maximum absolute atomic E-state index is 14.4. The predicted molar refractivity (Wildman–Crippen MR) is 94.8 cm³/mol. The van der Waals surface area contributed by atoms with Crippen molar-refractivity contribution in [3.63, 3.8) is 0 Å². The third-order valence-electron chi connectivity index (χ3n) is 4.60. The highest BCUT2D eigenvalue weighted by atomic mass is 19.1. The molecule has 1 atom stereocenters. The van der Waals surface area contributed by atoms with E-state index >= 15 is 0 Å². The smallest absolute Gasteiger partial charge is 0.252 e. The molecule has 2 aromatic heterocycles. The van der Waals surface area contributed by atoms with E-state index in [9.17, 15) is 13.6 Å². The summed E-state index contributed by atoms with van der Waals surface area (Å²) in [4.78, 5) is 21.1. The van der Waals surface area contributed by atoms with Crippen LogP contribution in [-0.2, 0) is 4.79 Å². The average Bonchev–Trinajstić information content (AvgIpc) is 2.92. The number of aryl methyl sites for hydroxylation is 3. The molecule has 1 unspecified atom stereocenters. The first kappa shape index (κ1) is 17.3. The third-order valence-corrected chi connectivity index (χ3v) is 4.60. The maximum atomic E-state index is 14.4. The molecule has 1 aliphatic heterocycles. The normalized spacial score (nSPS) is 16.2. The molecule has 6 nitrogen and oxygen atoms in total. The number of carbonyl (C=O) groups is 1. The number of fused-ring (bicyclic) bond motifs is 1. The number of amides is 1. The molecule has 1 N–H and O–H groups in total. The average molecular weight is 369 g/mol. The van der Waals surface area contributed by atoms with Crippen LogP contribution in [0.1, 0.15) is 40.5 Å². The van der Waals surface area contributed by atoms with Crippen molar-refractivity contribution in [3.05, 3.63) is 64.1 Å². The monoisotopic (exact) mass is 369 g/mol. The maximum Gasteiger partial charge on any atom is 0.252 e. The molecular weight excluding hydrogens is 352 g/mol. The standard InChI is InChI=1S/C19H17F2N5O/c1-9-6-10(2)23-19(22-9)26-18-17(11(3)25-26)14(8-16(27)24-18)13-7-12(20)4-5-15(13)21/h4-7,14H,8H2,1-3H3,(H,24,27). The third kappa shape index (κ3) is 2.97. The zero-order valence-electron chi connectivity index (χ0n) is 15.0. The molecule has 27 heavy (non-hydrogen) atoms. The first-order chi connectivity index (χ1) is 12.8. The van der Waals surface area contributed by atoms with Gasteiger partial charge < -0.3 is 5.32 Å². The second-order valence-electron chi connectivity index (χ2n) is 6.68. The Balaban J connectivity index is 1.92. The van der Waals surface area contributed by atoms with Crippen LogP contribution in [0.4, 0.5) is 14.6 Å². The molecule has 0 radical (unpaired) electrons. The Hall–Kier alpha value is -3.16. The van der Waals surface area contributed by atoms with Gasteiger partial charge in [-0.3, -0.25) is 4.79 Å². The lowest BCUT2D eigenvalue weighted by Gasteiger charge is -2.24. The molecule has 0 saturated carbocycles. The van der Waals surface area contributed by atoms with E-state index in [2.05, 4.69) is 20.4 Å². The first-order valence-electron chi connectivity index (χ1n) is 8.50. The van der Waals surface area contributed by atoms with E-state index in [1.807, 2.05) is 19.9 Å². The second-order valence-corrected chi connectivity index (χ2v) is 6.68. The van der Waals surface area contributed by atoms with Gasteiger partial charge in [0.05, 0.1) is 5.69 Å². The van der Waals surface area contributed by atoms with Gasteiger partial charge in [-0.1, -0.05) is 0 Å². The van der Waals surface area contributed by atoms with Gasteiger partial charge in [0.25, 0.3) is 5.95 Å². The van der Waals surface area contributed by atoms with Crippen LogP contribution in [0.15, 0.2) is 24.3 Å². The highest BCUT2D eigenvalue weighted by Crippen LogP contribution is 2.40. The zero-order chi connectivity index (χ0) is 19.3. The van der Waals surface area contributed by atoms with Crippen molar-refractivity contribution in [1.82, 2.24) is 19.7 Å². The zero-order valence-corrected chi connectivity index (χ0v) is 15.0. The van der Waals surface area contributed by atoms with Crippen molar-refractivity contribution in [2.24, 2.45) is 0 Å². The van der Waals surface area contributed by atoms with Crippen molar-refractivity contribution < 1.29 is 13.6 Å². The quantitative estimate of drug-likeness (QED) is 0.752. The molecule has 1 aromatic carbocycles. The van der Waals surface area contributed by atoms with Gasteiger partial charge in [-0.15, -0.1) is 0 Å². The number of benzene rings is 1. The number of nitrogens with one attached hydrogen (secondary N) is 1. The summed E-state index contributed by atoms with van der Waals surface area (Å²) in [6.07, 6.45) is 0.00755. The molecule has 3 heterocycles. The predicted octanol–water partition coefficient (Wildman–Crippen LogP) is 3.34. The van der Waals surface area contributed by atoms with Crippen molar-refractivity contribution in [1.29, 1.82) is 0 Å². The summed E-state index contributed by atoms with van der Waals surface area (Å²) in [7, 11) is 0. The Morgan fingerprint density at radius 1 is 1.11 bits per heavy atom. The van der Waals surface area contributed by atoms with Crippen molar-refractivity contribution in [2.45, 2.75) is 33.1 Å². The van der Waals surface area contributed by atoms with Crippen LogP contribution in [0.5, 0.6) is 0 Å². The summed E-state index contributed by atoms with van der Waals surface area (Å²) in [5.74, 6) is -1.34. The molecule has 1 aliphatic rings. The lowest BCUT2D eigenvalue weighted by Crippen LogP contribution is -2.25. The molecule has 4 rings (SSSR count). The highest BCUT2D eigenvalue weighted by Gasteiger charge is 2.34. The lowest BCUT2D eigenvalue weighted by atomic mass is 9.85. The van der Waals surface area contributed by atoms with Gasteiger partial charge in [0.2, 0.25) is 5.91 Å². The first-order valence-corrected chi connectivity index (χ1v) is 8.50.